The van der Waals surface area contributed by atoms with Crippen molar-refractivity contribution in [1.29, 1.82) is 0 Å². The fourth-order valence-corrected chi connectivity index (χ4v) is 2.62. The Morgan fingerprint density at radius 3 is 2.59 bits per heavy atom. The lowest BCUT2D eigenvalue weighted by atomic mass is 9.91. The number of carboxylic acid groups (broad SMARTS) is 1. The molecular weight excluding hydrogens is 238 g/mol. The normalized spacial score (nSPS) is 14.5. The Hall–Kier alpha value is -0.260. The largest absolute Gasteiger partial charge is 0.480 e. The van der Waals surface area contributed by atoms with Crippen molar-refractivity contribution in [3.63, 3.8) is 0 Å². The van der Waals surface area contributed by atoms with Crippen LogP contribution in [-0.4, -0.2) is 48.4 Å². The fourth-order valence-electron chi connectivity index (χ4n) is 1.78. The van der Waals surface area contributed by atoms with Gasteiger partial charge in [-0.3, -0.25) is 4.79 Å². The minimum atomic E-state index is -0.740. The molecule has 17 heavy (non-hydrogen) atoms. The molecule has 0 bridgehead atoms. The van der Waals surface area contributed by atoms with E-state index in [1.165, 1.54) is 0 Å². The van der Waals surface area contributed by atoms with E-state index in [4.69, 9.17) is 4.74 Å². The van der Waals surface area contributed by atoms with Crippen LogP contribution < -0.4 is 5.32 Å². The Morgan fingerprint density at radius 2 is 2.12 bits per heavy atom. The number of ether oxygens (including phenoxy) is 1. The van der Waals surface area contributed by atoms with Crippen LogP contribution in [0.5, 0.6) is 0 Å². The molecule has 0 rings (SSSR count). The zero-order chi connectivity index (χ0) is 13.1. The Morgan fingerprint density at radius 1 is 1.41 bits per heavy atom. The lowest BCUT2D eigenvalue weighted by Crippen LogP contribution is -2.51. The number of methoxy groups -OCH3 is 1. The molecule has 102 valence electrons. The molecule has 0 heterocycles. The Balaban J connectivity index is 3.95. The molecule has 1 unspecified atom stereocenters. The lowest BCUT2D eigenvalue weighted by molar-refractivity contribution is -0.145. The van der Waals surface area contributed by atoms with Gasteiger partial charge in [-0.15, -0.1) is 0 Å². The summed E-state index contributed by atoms with van der Waals surface area (Å²) in [4.78, 5) is 11.3. The van der Waals surface area contributed by atoms with Gasteiger partial charge in [-0.25, -0.2) is 0 Å². The van der Waals surface area contributed by atoms with E-state index in [1.807, 2.05) is 25.6 Å². The summed E-state index contributed by atoms with van der Waals surface area (Å²) < 4.78 is 4.96. The number of carbonyl (C=O) groups is 1. The molecule has 0 aromatic rings. The molecule has 0 saturated carbocycles. The van der Waals surface area contributed by atoms with Gasteiger partial charge in [0.05, 0.1) is 6.61 Å². The van der Waals surface area contributed by atoms with Crippen molar-refractivity contribution >= 4 is 17.7 Å². The van der Waals surface area contributed by atoms with E-state index in [9.17, 15) is 9.90 Å². The van der Waals surface area contributed by atoms with E-state index < -0.39 is 11.5 Å². The SMILES string of the molecule is CCNC(CC)(CCCSCCOC)C(=O)O. The molecule has 0 radical (unpaired) electrons. The first kappa shape index (κ1) is 16.7. The maximum absolute atomic E-state index is 11.3. The minimum Gasteiger partial charge on any atom is -0.480 e. The van der Waals surface area contributed by atoms with Crippen molar-refractivity contribution < 1.29 is 14.6 Å². The van der Waals surface area contributed by atoms with E-state index in [2.05, 4.69) is 5.32 Å². The van der Waals surface area contributed by atoms with Crippen LogP contribution in [0.4, 0.5) is 0 Å². The van der Waals surface area contributed by atoms with Crippen LogP contribution in [0.3, 0.4) is 0 Å². The molecule has 0 saturated heterocycles. The van der Waals surface area contributed by atoms with Crippen molar-refractivity contribution in [2.45, 2.75) is 38.6 Å². The van der Waals surface area contributed by atoms with Crippen molar-refractivity contribution in [2.75, 3.05) is 31.8 Å². The van der Waals surface area contributed by atoms with Crippen molar-refractivity contribution in [3.05, 3.63) is 0 Å². The van der Waals surface area contributed by atoms with E-state index in [-0.39, 0.29) is 0 Å². The number of hydrogen-bond donors (Lipinski definition) is 2. The van der Waals surface area contributed by atoms with Gasteiger partial charge in [0.1, 0.15) is 5.54 Å². The number of aliphatic carboxylic acids is 1. The summed E-state index contributed by atoms with van der Waals surface area (Å²) in [5.41, 5.74) is -0.740. The molecule has 0 amide bonds. The highest BCUT2D eigenvalue weighted by Gasteiger charge is 2.34. The van der Waals surface area contributed by atoms with Crippen LogP contribution in [0, 0.1) is 0 Å². The molecule has 0 aliphatic heterocycles. The average Bonchev–Trinajstić information content (AvgIpc) is 2.31. The highest BCUT2D eigenvalue weighted by Crippen LogP contribution is 2.19. The van der Waals surface area contributed by atoms with Crippen LogP contribution >= 0.6 is 11.8 Å². The molecule has 0 aliphatic rings. The van der Waals surface area contributed by atoms with Gasteiger partial charge in [-0.05, 0) is 31.6 Å². The number of likely N-dealkylation sites (N-methyl/N-ethyl adjacent to an activating group) is 1. The Bertz CT molecular complexity index is 214. The molecule has 5 heteroatoms. The maximum atomic E-state index is 11.3. The number of nitrogens with one attached hydrogen (secondary N) is 1. The minimum absolute atomic E-state index is 0.624. The van der Waals surface area contributed by atoms with E-state index in [0.717, 1.165) is 24.5 Å². The van der Waals surface area contributed by atoms with E-state index >= 15 is 0 Å². The predicted octanol–water partition coefficient (Wildman–Crippen LogP) is 1.99. The molecule has 4 nitrogen and oxygen atoms in total. The van der Waals surface area contributed by atoms with Gasteiger partial charge in [0.2, 0.25) is 0 Å². The quantitative estimate of drug-likeness (QED) is 0.558. The zero-order valence-corrected chi connectivity index (χ0v) is 11.9. The third kappa shape index (κ3) is 6.29. The molecule has 0 aliphatic carbocycles. The van der Waals surface area contributed by atoms with Gasteiger partial charge in [0.15, 0.2) is 0 Å². The van der Waals surface area contributed by atoms with Crippen LogP contribution in [-0.2, 0) is 9.53 Å². The summed E-state index contributed by atoms with van der Waals surface area (Å²) in [7, 11) is 1.69. The molecule has 1 atom stereocenters. The summed E-state index contributed by atoms with van der Waals surface area (Å²) >= 11 is 1.81. The Kier molecular flexibility index (Phi) is 9.59. The van der Waals surface area contributed by atoms with E-state index in [0.29, 0.717) is 19.4 Å². The summed E-state index contributed by atoms with van der Waals surface area (Å²) in [6.45, 7) is 5.32. The molecule has 0 aromatic carbocycles. The van der Waals surface area contributed by atoms with Gasteiger partial charge < -0.3 is 15.2 Å². The third-order valence-electron chi connectivity index (χ3n) is 2.85. The van der Waals surface area contributed by atoms with Crippen LogP contribution in [0.2, 0.25) is 0 Å². The number of thioether (sulfide) groups is 1. The van der Waals surface area contributed by atoms with Crippen LogP contribution in [0.1, 0.15) is 33.1 Å². The molecule has 0 spiro atoms. The van der Waals surface area contributed by atoms with Gasteiger partial charge in [-0.2, -0.15) is 11.8 Å². The monoisotopic (exact) mass is 263 g/mol. The standard InChI is InChI=1S/C12H25NO3S/c1-4-12(11(14)15,13-5-2)7-6-9-17-10-8-16-3/h13H,4-10H2,1-3H3,(H,14,15). The van der Waals surface area contributed by atoms with Crippen molar-refractivity contribution in [3.8, 4) is 0 Å². The number of rotatable bonds is 11. The zero-order valence-electron chi connectivity index (χ0n) is 11.1. The number of carboxylic acids is 1. The number of hydrogen-bond acceptors (Lipinski definition) is 4. The van der Waals surface area contributed by atoms with Crippen molar-refractivity contribution in [1.82, 2.24) is 5.32 Å². The second kappa shape index (κ2) is 9.74. The second-order valence-electron chi connectivity index (χ2n) is 3.98. The average molecular weight is 263 g/mol. The first-order valence-corrected chi connectivity index (χ1v) is 7.33. The van der Waals surface area contributed by atoms with Gasteiger partial charge in [-0.1, -0.05) is 13.8 Å². The fraction of sp³-hybridized carbons (Fsp3) is 0.917. The molecular formula is C12H25NO3S. The smallest absolute Gasteiger partial charge is 0.323 e. The molecule has 2 N–H and O–H groups in total. The first-order valence-electron chi connectivity index (χ1n) is 6.18. The topological polar surface area (TPSA) is 58.6 Å². The Labute approximate surface area is 108 Å². The lowest BCUT2D eigenvalue weighted by Gasteiger charge is -2.29. The highest BCUT2D eigenvalue weighted by atomic mass is 32.2. The van der Waals surface area contributed by atoms with Gasteiger partial charge in [0.25, 0.3) is 0 Å². The highest BCUT2D eigenvalue weighted by molar-refractivity contribution is 7.99. The third-order valence-corrected chi connectivity index (χ3v) is 3.88. The van der Waals surface area contributed by atoms with Crippen molar-refractivity contribution in [2.24, 2.45) is 0 Å². The van der Waals surface area contributed by atoms with Gasteiger partial charge >= 0.3 is 5.97 Å². The second-order valence-corrected chi connectivity index (χ2v) is 5.20. The first-order chi connectivity index (χ1) is 8.13. The summed E-state index contributed by atoms with van der Waals surface area (Å²) in [5.74, 6) is 1.23. The van der Waals surface area contributed by atoms with E-state index in [1.54, 1.807) is 7.11 Å². The molecule has 0 aromatic heterocycles. The maximum Gasteiger partial charge on any atom is 0.323 e. The predicted molar refractivity (Wildman–Crippen MR) is 72.8 cm³/mol. The van der Waals surface area contributed by atoms with Crippen LogP contribution in [0.25, 0.3) is 0 Å². The molecule has 0 fully saturated rings. The van der Waals surface area contributed by atoms with Gasteiger partial charge in [0, 0.05) is 12.9 Å². The van der Waals surface area contributed by atoms with Crippen LogP contribution in [0.15, 0.2) is 0 Å². The summed E-state index contributed by atoms with van der Waals surface area (Å²) in [6, 6.07) is 0. The summed E-state index contributed by atoms with van der Waals surface area (Å²) in [6.07, 6.45) is 2.23. The summed E-state index contributed by atoms with van der Waals surface area (Å²) in [5, 5.41) is 12.4.